The van der Waals surface area contributed by atoms with Crippen LogP contribution in [0, 0.1) is 17.0 Å². The standard InChI is InChI=1S/C14H17N3O3/c1-10-5-6-11(8-12(10)17(18)19)13-9-16-14(20-13)4-3-7-15-2/h5-6,8-9,15H,3-4,7H2,1-2H3. The summed E-state index contributed by atoms with van der Waals surface area (Å²) in [6, 6.07) is 5.05. The average molecular weight is 275 g/mol. The van der Waals surface area contributed by atoms with Crippen molar-refractivity contribution in [2.75, 3.05) is 13.6 Å². The zero-order chi connectivity index (χ0) is 14.5. The molecule has 0 aliphatic rings. The smallest absolute Gasteiger partial charge is 0.273 e. The van der Waals surface area contributed by atoms with E-state index in [2.05, 4.69) is 10.3 Å². The van der Waals surface area contributed by atoms with Gasteiger partial charge in [-0.05, 0) is 26.9 Å². The van der Waals surface area contributed by atoms with Gasteiger partial charge in [-0.3, -0.25) is 10.1 Å². The van der Waals surface area contributed by atoms with Crippen molar-refractivity contribution >= 4 is 5.69 Å². The fraction of sp³-hybridized carbons (Fsp3) is 0.357. The van der Waals surface area contributed by atoms with Crippen molar-refractivity contribution in [2.45, 2.75) is 19.8 Å². The highest BCUT2D eigenvalue weighted by molar-refractivity contribution is 5.62. The summed E-state index contributed by atoms with van der Waals surface area (Å²) in [6.07, 6.45) is 3.29. The van der Waals surface area contributed by atoms with Crippen molar-refractivity contribution < 1.29 is 9.34 Å². The molecular formula is C14H17N3O3. The Kier molecular flexibility index (Phi) is 4.47. The van der Waals surface area contributed by atoms with Gasteiger partial charge in [-0.15, -0.1) is 0 Å². The minimum absolute atomic E-state index is 0.0932. The van der Waals surface area contributed by atoms with E-state index >= 15 is 0 Å². The number of benzene rings is 1. The Morgan fingerprint density at radius 1 is 1.45 bits per heavy atom. The molecule has 0 amide bonds. The largest absolute Gasteiger partial charge is 0.441 e. The number of nitro groups is 1. The van der Waals surface area contributed by atoms with E-state index in [1.54, 1.807) is 25.3 Å². The predicted molar refractivity (Wildman–Crippen MR) is 75.6 cm³/mol. The lowest BCUT2D eigenvalue weighted by atomic mass is 10.1. The molecule has 1 aromatic carbocycles. The van der Waals surface area contributed by atoms with Crippen molar-refractivity contribution in [1.29, 1.82) is 0 Å². The van der Waals surface area contributed by atoms with E-state index in [0.29, 0.717) is 22.8 Å². The van der Waals surface area contributed by atoms with Gasteiger partial charge in [-0.25, -0.2) is 4.98 Å². The average Bonchev–Trinajstić information content (AvgIpc) is 2.88. The highest BCUT2D eigenvalue weighted by Crippen LogP contribution is 2.27. The number of nitrogens with one attached hydrogen (secondary N) is 1. The van der Waals surface area contributed by atoms with Crippen LogP contribution in [0.2, 0.25) is 0 Å². The van der Waals surface area contributed by atoms with E-state index in [0.717, 1.165) is 19.4 Å². The maximum Gasteiger partial charge on any atom is 0.273 e. The molecule has 0 saturated heterocycles. The minimum Gasteiger partial charge on any atom is -0.441 e. The zero-order valence-electron chi connectivity index (χ0n) is 11.5. The summed E-state index contributed by atoms with van der Waals surface area (Å²) in [7, 11) is 1.90. The minimum atomic E-state index is -0.386. The van der Waals surface area contributed by atoms with Crippen LogP contribution in [0.3, 0.4) is 0 Å². The molecule has 0 fully saturated rings. The van der Waals surface area contributed by atoms with Crippen LogP contribution >= 0.6 is 0 Å². The molecule has 106 valence electrons. The molecule has 0 bridgehead atoms. The molecule has 6 nitrogen and oxygen atoms in total. The van der Waals surface area contributed by atoms with Gasteiger partial charge < -0.3 is 9.73 Å². The van der Waals surface area contributed by atoms with Crippen LogP contribution in [0.25, 0.3) is 11.3 Å². The fourth-order valence-corrected chi connectivity index (χ4v) is 1.94. The van der Waals surface area contributed by atoms with Crippen LogP contribution in [0.1, 0.15) is 17.9 Å². The first-order valence-corrected chi connectivity index (χ1v) is 6.46. The van der Waals surface area contributed by atoms with Crippen LogP contribution in [0.5, 0.6) is 0 Å². The van der Waals surface area contributed by atoms with E-state index in [1.807, 2.05) is 7.05 Å². The number of nitro benzene ring substituents is 1. The molecule has 1 aromatic heterocycles. The number of rotatable bonds is 6. The molecule has 0 unspecified atom stereocenters. The molecule has 2 rings (SSSR count). The van der Waals surface area contributed by atoms with E-state index in [9.17, 15) is 10.1 Å². The van der Waals surface area contributed by atoms with Gasteiger partial charge in [0.1, 0.15) is 0 Å². The maximum atomic E-state index is 10.9. The summed E-state index contributed by atoms with van der Waals surface area (Å²) in [5.74, 6) is 1.21. The van der Waals surface area contributed by atoms with Gasteiger partial charge in [0.05, 0.1) is 11.1 Å². The second-order valence-electron chi connectivity index (χ2n) is 4.58. The molecule has 2 aromatic rings. The summed E-state index contributed by atoms with van der Waals surface area (Å²) in [5, 5.41) is 14.0. The molecular weight excluding hydrogens is 258 g/mol. The van der Waals surface area contributed by atoms with Crippen LogP contribution in [0.15, 0.2) is 28.8 Å². The quantitative estimate of drug-likeness (QED) is 0.498. The topological polar surface area (TPSA) is 81.2 Å². The fourth-order valence-electron chi connectivity index (χ4n) is 1.94. The Morgan fingerprint density at radius 2 is 2.25 bits per heavy atom. The van der Waals surface area contributed by atoms with Crippen molar-refractivity contribution in [3.8, 4) is 11.3 Å². The van der Waals surface area contributed by atoms with E-state index in [1.165, 1.54) is 6.07 Å². The third kappa shape index (κ3) is 3.21. The molecule has 1 N–H and O–H groups in total. The van der Waals surface area contributed by atoms with Gasteiger partial charge in [0, 0.05) is 23.6 Å². The Labute approximate surface area is 117 Å². The predicted octanol–water partition coefficient (Wildman–Crippen LogP) is 2.71. The third-order valence-electron chi connectivity index (χ3n) is 3.06. The normalized spacial score (nSPS) is 10.7. The monoisotopic (exact) mass is 275 g/mol. The first kappa shape index (κ1) is 14.2. The zero-order valence-corrected chi connectivity index (χ0v) is 11.5. The van der Waals surface area contributed by atoms with Crippen molar-refractivity contribution in [2.24, 2.45) is 0 Å². The number of nitrogens with zero attached hydrogens (tertiary/aromatic N) is 2. The highest BCUT2D eigenvalue weighted by atomic mass is 16.6. The van der Waals surface area contributed by atoms with E-state index in [4.69, 9.17) is 4.42 Å². The lowest BCUT2D eigenvalue weighted by Crippen LogP contribution is -2.08. The van der Waals surface area contributed by atoms with Crippen LogP contribution in [0.4, 0.5) is 5.69 Å². The summed E-state index contributed by atoms with van der Waals surface area (Å²) >= 11 is 0. The van der Waals surface area contributed by atoms with E-state index in [-0.39, 0.29) is 10.6 Å². The van der Waals surface area contributed by atoms with Crippen LogP contribution in [-0.2, 0) is 6.42 Å². The van der Waals surface area contributed by atoms with Crippen LogP contribution in [-0.4, -0.2) is 23.5 Å². The van der Waals surface area contributed by atoms with Gasteiger partial charge in [0.15, 0.2) is 11.7 Å². The molecule has 1 heterocycles. The molecule has 6 heteroatoms. The second kappa shape index (κ2) is 6.29. The number of hydrogen-bond acceptors (Lipinski definition) is 5. The molecule has 20 heavy (non-hydrogen) atoms. The summed E-state index contributed by atoms with van der Waals surface area (Å²) in [4.78, 5) is 14.7. The Morgan fingerprint density at radius 3 is 2.95 bits per heavy atom. The number of aromatic nitrogens is 1. The molecule has 0 aliphatic heterocycles. The Hall–Kier alpha value is -2.21. The number of aryl methyl sites for hydroxylation is 2. The maximum absolute atomic E-state index is 10.9. The first-order valence-electron chi connectivity index (χ1n) is 6.46. The van der Waals surface area contributed by atoms with Crippen molar-refractivity contribution in [3.05, 3.63) is 46.0 Å². The Bertz CT molecular complexity index is 607. The number of oxazole rings is 1. The lowest BCUT2D eigenvalue weighted by molar-refractivity contribution is -0.385. The highest BCUT2D eigenvalue weighted by Gasteiger charge is 2.14. The summed E-state index contributed by atoms with van der Waals surface area (Å²) in [6.45, 7) is 2.61. The van der Waals surface area contributed by atoms with Gasteiger partial charge in [-0.2, -0.15) is 0 Å². The second-order valence-corrected chi connectivity index (χ2v) is 4.58. The van der Waals surface area contributed by atoms with Gasteiger partial charge >= 0.3 is 0 Å². The van der Waals surface area contributed by atoms with E-state index < -0.39 is 0 Å². The summed E-state index contributed by atoms with van der Waals surface area (Å²) in [5.41, 5.74) is 1.40. The lowest BCUT2D eigenvalue weighted by Gasteiger charge is -2.00. The number of hydrogen-bond donors (Lipinski definition) is 1. The molecule has 0 saturated carbocycles. The first-order chi connectivity index (χ1) is 9.61. The van der Waals surface area contributed by atoms with Gasteiger partial charge in [0.25, 0.3) is 5.69 Å². The molecule has 0 spiro atoms. The Balaban J connectivity index is 2.19. The summed E-state index contributed by atoms with van der Waals surface area (Å²) < 4.78 is 5.63. The SMILES string of the molecule is CNCCCc1ncc(-c2ccc(C)c([N+](=O)[O-])c2)o1. The third-order valence-corrected chi connectivity index (χ3v) is 3.06. The molecule has 0 aliphatic carbocycles. The van der Waals surface area contributed by atoms with Crippen molar-refractivity contribution in [3.63, 3.8) is 0 Å². The van der Waals surface area contributed by atoms with Gasteiger partial charge in [-0.1, -0.05) is 12.1 Å². The van der Waals surface area contributed by atoms with Gasteiger partial charge in [0.2, 0.25) is 0 Å². The molecule has 0 radical (unpaired) electrons. The van der Waals surface area contributed by atoms with Crippen LogP contribution < -0.4 is 5.32 Å². The van der Waals surface area contributed by atoms with Crippen molar-refractivity contribution in [1.82, 2.24) is 10.3 Å². The molecule has 0 atom stereocenters.